The predicted octanol–water partition coefficient (Wildman–Crippen LogP) is 4.44. The van der Waals surface area contributed by atoms with Crippen molar-refractivity contribution in [3.05, 3.63) is 101 Å². The van der Waals surface area contributed by atoms with Gasteiger partial charge in [0.15, 0.2) is 0 Å². The Labute approximate surface area is 179 Å². The summed E-state index contributed by atoms with van der Waals surface area (Å²) in [5, 5.41) is 2.97. The Balaban J connectivity index is 2.13. The molecule has 0 heterocycles. The van der Waals surface area contributed by atoms with E-state index in [1.807, 2.05) is 0 Å². The SMILES string of the molecule is CNc1ccc(C(=O)N([C@H](C)c2cc(F)cc(F)c2)[C@@H](C(N)=O)c2ccccc2)cc1. The van der Waals surface area contributed by atoms with E-state index in [-0.39, 0.29) is 5.56 Å². The summed E-state index contributed by atoms with van der Waals surface area (Å²) in [6, 6.07) is 16.3. The summed E-state index contributed by atoms with van der Waals surface area (Å²) < 4.78 is 27.8. The Hall–Kier alpha value is -3.74. The van der Waals surface area contributed by atoms with Gasteiger partial charge in [0.1, 0.15) is 17.7 Å². The minimum Gasteiger partial charge on any atom is -0.388 e. The highest BCUT2D eigenvalue weighted by Crippen LogP contribution is 2.33. The third-order valence-corrected chi connectivity index (χ3v) is 5.10. The Morgan fingerprint density at radius 3 is 2.00 bits per heavy atom. The number of hydrogen-bond acceptors (Lipinski definition) is 3. The Bertz CT molecular complexity index is 1050. The lowest BCUT2D eigenvalue weighted by molar-refractivity contribution is -0.123. The van der Waals surface area contributed by atoms with Crippen LogP contribution >= 0.6 is 0 Å². The van der Waals surface area contributed by atoms with Gasteiger partial charge in [-0.2, -0.15) is 0 Å². The molecule has 31 heavy (non-hydrogen) atoms. The van der Waals surface area contributed by atoms with E-state index in [1.165, 1.54) is 4.90 Å². The van der Waals surface area contributed by atoms with Crippen LogP contribution in [-0.4, -0.2) is 23.8 Å². The van der Waals surface area contributed by atoms with Crippen LogP contribution < -0.4 is 11.1 Å². The number of carbonyl (C=O) groups is 2. The molecule has 0 saturated carbocycles. The number of hydrogen-bond donors (Lipinski definition) is 2. The van der Waals surface area contributed by atoms with Crippen LogP contribution in [0.3, 0.4) is 0 Å². The van der Waals surface area contributed by atoms with Gasteiger partial charge in [-0.3, -0.25) is 9.59 Å². The summed E-state index contributed by atoms with van der Waals surface area (Å²) in [5.41, 5.74) is 7.54. The molecule has 0 aromatic heterocycles. The molecule has 3 aromatic carbocycles. The molecule has 3 N–H and O–H groups in total. The van der Waals surface area contributed by atoms with Crippen LogP contribution in [-0.2, 0) is 4.79 Å². The molecule has 0 fully saturated rings. The number of nitrogens with one attached hydrogen (secondary N) is 1. The molecule has 5 nitrogen and oxygen atoms in total. The number of halogens is 2. The van der Waals surface area contributed by atoms with E-state index < -0.39 is 35.5 Å². The van der Waals surface area contributed by atoms with E-state index >= 15 is 0 Å². The average Bonchev–Trinajstić information content (AvgIpc) is 2.76. The minimum absolute atomic E-state index is 0.208. The summed E-state index contributed by atoms with van der Waals surface area (Å²) >= 11 is 0. The molecule has 0 bridgehead atoms. The average molecular weight is 423 g/mol. The van der Waals surface area contributed by atoms with Gasteiger partial charge in [0.25, 0.3) is 5.91 Å². The van der Waals surface area contributed by atoms with Crippen molar-refractivity contribution in [2.75, 3.05) is 12.4 Å². The number of anilines is 1. The van der Waals surface area contributed by atoms with Gasteiger partial charge in [0.05, 0.1) is 6.04 Å². The smallest absolute Gasteiger partial charge is 0.255 e. The lowest BCUT2D eigenvalue weighted by Crippen LogP contribution is -2.43. The largest absolute Gasteiger partial charge is 0.388 e. The number of nitrogens with zero attached hydrogens (tertiary/aromatic N) is 1. The van der Waals surface area contributed by atoms with Gasteiger partial charge in [0, 0.05) is 24.4 Å². The molecule has 0 spiro atoms. The molecule has 7 heteroatoms. The summed E-state index contributed by atoms with van der Waals surface area (Å²) in [5.74, 6) is -2.80. The van der Waals surface area contributed by atoms with E-state index in [2.05, 4.69) is 5.32 Å². The van der Waals surface area contributed by atoms with E-state index in [4.69, 9.17) is 5.73 Å². The molecule has 160 valence electrons. The van der Waals surface area contributed by atoms with Crippen LogP contribution in [0.25, 0.3) is 0 Å². The molecule has 0 aliphatic carbocycles. The molecule has 0 unspecified atom stereocenters. The van der Waals surface area contributed by atoms with Gasteiger partial charge in [-0.1, -0.05) is 30.3 Å². The van der Waals surface area contributed by atoms with E-state index in [9.17, 15) is 18.4 Å². The number of amides is 2. The lowest BCUT2D eigenvalue weighted by Gasteiger charge is -2.35. The van der Waals surface area contributed by atoms with E-state index in [1.54, 1.807) is 68.6 Å². The van der Waals surface area contributed by atoms with Crippen LogP contribution in [0.15, 0.2) is 72.8 Å². The van der Waals surface area contributed by atoms with Crippen molar-refractivity contribution >= 4 is 17.5 Å². The second kappa shape index (κ2) is 9.38. The molecule has 0 saturated heterocycles. The van der Waals surface area contributed by atoms with Crippen molar-refractivity contribution in [2.45, 2.75) is 19.0 Å². The summed E-state index contributed by atoms with van der Waals surface area (Å²) in [4.78, 5) is 27.3. The van der Waals surface area contributed by atoms with Crippen LogP contribution in [0.1, 0.15) is 40.5 Å². The van der Waals surface area contributed by atoms with Crippen LogP contribution in [0.4, 0.5) is 14.5 Å². The first kappa shape index (κ1) is 22.0. The zero-order chi connectivity index (χ0) is 22.5. The van der Waals surface area contributed by atoms with Gasteiger partial charge in [-0.15, -0.1) is 0 Å². The van der Waals surface area contributed by atoms with Gasteiger partial charge < -0.3 is 16.0 Å². The van der Waals surface area contributed by atoms with Crippen molar-refractivity contribution in [1.29, 1.82) is 0 Å². The van der Waals surface area contributed by atoms with Crippen LogP contribution in [0, 0.1) is 11.6 Å². The fraction of sp³-hybridized carbons (Fsp3) is 0.167. The third-order valence-electron chi connectivity index (χ3n) is 5.10. The van der Waals surface area contributed by atoms with Crippen molar-refractivity contribution in [3.63, 3.8) is 0 Å². The highest BCUT2D eigenvalue weighted by Gasteiger charge is 2.35. The topological polar surface area (TPSA) is 75.4 Å². The Kier molecular flexibility index (Phi) is 6.65. The zero-order valence-corrected chi connectivity index (χ0v) is 17.2. The lowest BCUT2D eigenvalue weighted by atomic mass is 9.97. The molecule has 0 radical (unpaired) electrons. The first-order chi connectivity index (χ1) is 14.8. The molecule has 0 aliphatic heterocycles. The number of carbonyl (C=O) groups excluding carboxylic acids is 2. The van der Waals surface area contributed by atoms with Crippen molar-refractivity contribution in [3.8, 4) is 0 Å². The second-order valence-corrected chi connectivity index (χ2v) is 7.13. The van der Waals surface area contributed by atoms with Gasteiger partial charge in [-0.25, -0.2) is 8.78 Å². The number of benzene rings is 3. The molecule has 2 amide bonds. The number of rotatable bonds is 7. The predicted molar refractivity (Wildman–Crippen MR) is 115 cm³/mol. The summed E-state index contributed by atoms with van der Waals surface area (Å²) in [7, 11) is 1.75. The maximum Gasteiger partial charge on any atom is 0.255 e. The van der Waals surface area contributed by atoms with E-state index in [0.717, 1.165) is 23.9 Å². The Morgan fingerprint density at radius 1 is 0.903 bits per heavy atom. The molecule has 2 atom stereocenters. The Morgan fingerprint density at radius 2 is 1.48 bits per heavy atom. The first-order valence-corrected chi connectivity index (χ1v) is 9.72. The fourth-order valence-electron chi connectivity index (χ4n) is 3.52. The van der Waals surface area contributed by atoms with E-state index in [0.29, 0.717) is 11.1 Å². The summed E-state index contributed by atoms with van der Waals surface area (Å²) in [6.45, 7) is 1.60. The fourth-order valence-corrected chi connectivity index (χ4v) is 3.52. The third kappa shape index (κ3) is 4.88. The van der Waals surface area contributed by atoms with Crippen molar-refractivity contribution in [1.82, 2.24) is 4.90 Å². The second-order valence-electron chi connectivity index (χ2n) is 7.13. The molecular formula is C24H23F2N3O2. The highest BCUT2D eigenvalue weighted by atomic mass is 19.1. The molecule has 3 aromatic rings. The maximum absolute atomic E-state index is 13.9. The normalized spacial score (nSPS) is 12.6. The zero-order valence-electron chi connectivity index (χ0n) is 17.2. The number of primary amides is 1. The summed E-state index contributed by atoms with van der Waals surface area (Å²) in [6.07, 6.45) is 0. The first-order valence-electron chi connectivity index (χ1n) is 9.72. The highest BCUT2D eigenvalue weighted by molar-refractivity contribution is 5.98. The van der Waals surface area contributed by atoms with Gasteiger partial charge in [-0.05, 0) is 54.4 Å². The van der Waals surface area contributed by atoms with Crippen LogP contribution in [0.2, 0.25) is 0 Å². The quantitative estimate of drug-likeness (QED) is 0.590. The monoisotopic (exact) mass is 423 g/mol. The molecular weight excluding hydrogens is 400 g/mol. The van der Waals surface area contributed by atoms with Crippen LogP contribution in [0.5, 0.6) is 0 Å². The molecule has 3 rings (SSSR count). The standard InChI is InChI=1S/C24H23F2N3O2/c1-15(18-12-19(25)14-20(26)13-18)29(22(23(27)30)16-6-4-3-5-7-16)24(31)17-8-10-21(28-2)11-9-17/h3-15,22,28H,1-2H3,(H2,27,30)/t15-,22-/m1/s1. The number of nitrogens with two attached hydrogens (primary N) is 1. The molecule has 0 aliphatic rings. The van der Waals surface area contributed by atoms with Crippen molar-refractivity contribution in [2.24, 2.45) is 5.73 Å². The minimum atomic E-state index is -1.14. The van der Waals surface area contributed by atoms with Gasteiger partial charge >= 0.3 is 0 Å². The van der Waals surface area contributed by atoms with Gasteiger partial charge in [0.2, 0.25) is 5.91 Å². The van der Waals surface area contributed by atoms with Crippen molar-refractivity contribution < 1.29 is 18.4 Å². The maximum atomic E-state index is 13.9.